The SMILES string of the molecule is CC(N)=O.CN.COC(=O)c1nc(CNCCC(N)=O)nc(N)c1C. The summed E-state index contributed by atoms with van der Waals surface area (Å²) in [5.74, 6) is -0.716. The third kappa shape index (κ3) is 11.4. The molecule has 11 heteroatoms. The lowest BCUT2D eigenvalue weighted by atomic mass is 10.2. The third-order valence-electron chi connectivity index (χ3n) is 2.44. The summed E-state index contributed by atoms with van der Waals surface area (Å²) in [5.41, 5.74) is 20.3. The molecule has 0 spiro atoms. The molecule has 2 amide bonds. The normalized spacial score (nSPS) is 9.00. The zero-order chi connectivity index (χ0) is 20.0. The van der Waals surface area contributed by atoms with Gasteiger partial charge in [0.1, 0.15) is 11.6 Å². The van der Waals surface area contributed by atoms with Gasteiger partial charge in [0, 0.05) is 25.5 Å². The van der Waals surface area contributed by atoms with Crippen LogP contribution >= 0.6 is 0 Å². The molecule has 1 heterocycles. The summed E-state index contributed by atoms with van der Waals surface area (Å²) in [7, 11) is 2.77. The molecule has 0 fully saturated rings. The zero-order valence-corrected chi connectivity index (χ0v) is 15.0. The molecule has 0 bridgehead atoms. The van der Waals surface area contributed by atoms with Crippen molar-refractivity contribution in [3.8, 4) is 0 Å². The van der Waals surface area contributed by atoms with E-state index in [0.717, 1.165) is 0 Å². The largest absolute Gasteiger partial charge is 0.464 e. The van der Waals surface area contributed by atoms with Gasteiger partial charge in [0.25, 0.3) is 0 Å². The first kappa shape index (κ1) is 24.5. The fourth-order valence-electron chi connectivity index (χ4n) is 1.37. The molecule has 1 aromatic heterocycles. The van der Waals surface area contributed by atoms with Crippen LogP contribution in [-0.4, -0.2) is 48.5 Å². The van der Waals surface area contributed by atoms with Gasteiger partial charge in [-0.3, -0.25) is 9.59 Å². The summed E-state index contributed by atoms with van der Waals surface area (Å²) < 4.78 is 4.62. The number of nitrogens with zero attached hydrogens (tertiary/aromatic N) is 2. The van der Waals surface area contributed by atoms with E-state index in [1.54, 1.807) is 6.92 Å². The smallest absolute Gasteiger partial charge is 0.357 e. The Morgan fingerprint density at radius 2 is 1.68 bits per heavy atom. The van der Waals surface area contributed by atoms with Crippen LogP contribution in [0.2, 0.25) is 0 Å². The van der Waals surface area contributed by atoms with Crippen LogP contribution in [0.4, 0.5) is 5.82 Å². The molecule has 0 saturated carbocycles. The van der Waals surface area contributed by atoms with Gasteiger partial charge in [-0.05, 0) is 14.0 Å². The van der Waals surface area contributed by atoms with Crippen molar-refractivity contribution in [2.45, 2.75) is 26.8 Å². The Morgan fingerprint density at radius 3 is 2.12 bits per heavy atom. The lowest BCUT2D eigenvalue weighted by Crippen LogP contribution is -2.23. The molecular weight excluding hydrogens is 330 g/mol. The minimum Gasteiger partial charge on any atom is -0.464 e. The lowest BCUT2D eigenvalue weighted by Gasteiger charge is -2.09. The second-order valence-corrected chi connectivity index (χ2v) is 4.49. The molecule has 142 valence electrons. The van der Waals surface area contributed by atoms with Crippen molar-refractivity contribution in [1.82, 2.24) is 15.3 Å². The number of nitrogens with two attached hydrogens (primary N) is 4. The molecule has 0 radical (unpaired) electrons. The maximum atomic E-state index is 11.5. The number of nitrogens with one attached hydrogen (secondary N) is 1. The number of hydrogen-bond acceptors (Lipinski definition) is 9. The summed E-state index contributed by atoms with van der Waals surface area (Å²) >= 11 is 0. The van der Waals surface area contributed by atoms with Crippen LogP contribution in [0, 0.1) is 6.92 Å². The van der Waals surface area contributed by atoms with Crippen molar-refractivity contribution >= 4 is 23.6 Å². The van der Waals surface area contributed by atoms with E-state index in [9.17, 15) is 14.4 Å². The molecule has 0 aliphatic rings. The van der Waals surface area contributed by atoms with Crippen molar-refractivity contribution < 1.29 is 19.1 Å². The molecule has 1 aromatic rings. The fourth-order valence-corrected chi connectivity index (χ4v) is 1.37. The first-order valence-corrected chi connectivity index (χ1v) is 7.23. The minimum absolute atomic E-state index is 0.140. The van der Waals surface area contributed by atoms with Gasteiger partial charge in [-0.1, -0.05) is 0 Å². The van der Waals surface area contributed by atoms with Gasteiger partial charge in [-0.25, -0.2) is 14.8 Å². The number of carbonyl (C=O) groups is 3. The van der Waals surface area contributed by atoms with E-state index in [-0.39, 0.29) is 30.4 Å². The van der Waals surface area contributed by atoms with Crippen LogP contribution in [0.3, 0.4) is 0 Å². The predicted octanol–water partition coefficient (Wildman–Crippen LogP) is -1.81. The minimum atomic E-state index is -0.565. The molecule has 0 unspecified atom stereocenters. The summed E-state index contributed by atoms with van der Waals surface area (Å²) in [5, 5.41) is 2.93. The maximum absolute atomic E-state index is 11.5. The highest BCUT2D eigenvalue weighted by atomic mass is 16.5. The number of carbonyl (C=O) groups excluding carboxylic acids is 3. The number of ether oxygens (including phenoxy) is 1. The highest BCUT2D eigenvalue weighted by Crippen LogP contribution is 2.13. The zero-order valence-electron chi connectivity index (χ0n) is 15.0. The number of methoxy groups -OCH3 is 1. The Kier molecular flexibility index (Phi) is 13.3. The van der Waals surface area contributed by atoms with Gasteiger partial charge in [0.15, 0.2) is 5.69 Å². The van der Waals surface area contributed by atoms with Crippen LogP contribution < -0.4 is 28.3 Å². The molecule has 1 rings (SSSR count). The summed E-state index contributed by atoms with van der Waals surface area (Å²) in [6.07, 6.45) is 0.213. The predicted molar refractivity (Wildman–Crippen MR) is 93.0 cm³/mol. The monoisotopic (exact) mass is 357 g/mol. The average Bonchev–Trinajstić information content (AvgIpc) is 2.55. The molecule has 0 atom stereocenters. The van der Waals surface area contributed by atoms with E-state index in [4.69, 9.17) is 11.5 Å². The number of anilines is 1. The maximum Gasteiger partial charge on any atom is 0.357 e. The highest BCUT2D eigenvalue weighted by Gasteiger charge is 2.16. The average molecular weight is 357 g/mol. The lowest BCUT2D eigenvalue weighted by molar-refractivity contribution is -0.118. The van der Waals surface area contributed by atoms with Gasteiger partial charge < -0.3 is 33.0 Å². The number of hydrogen-bond donors (Lipinski definition) is 5. The summed E-state index contributed by atoms with van der Waals surface area (Å²) in [4.78, 5) is 39.4. The topological polar surface area (TPSA) is 202 Å². The molecule has 0 aliphatic heterocycles. The Balaban J connectivity index is 0. The Morgan fingerprint density at radius 1 is 1.16 bits per heavy atom. The fraction of sp³-hybridized carbons (Fsp3) is 0.500. The van der Waals surface area contributed by atoms with Crippen molar-refractivity contribution in [2.24, 2.45) is 17.2 Å². The van der Waals surface area contributed by atoms with Gasteiger partial charge in [-0.2, -0.15) is 0 Å². The number of nitrogen functional groups attached to an aromatic ring is 1. The Hall–Kier alpha value is -2.79. The van der Waals surface area contributed by atoms with Crippen molar-refractivity contribution in [1.29, 1.82) is 0 Å². The molecule has 0 saturated heterocycles. The van der Waals surface area contributed by atoms with Crippen LogP contribution in [0.1, 0.15) is 35.2 Å². The molecular formula is C14H27N7O4. The Labute approximate surface area is 146 Å². The molecule has 9 N–H and O–H groups in total. The van der Waals surface area contributed by atoms with Gasteiger partial charge >= 0.3 is 5.97 Å². The Bertz CT molecular complexity index is 575. The van der Waals surface area contributed by atoms with Crippen LogP contribution in [0.15, 0.2) is 0 Å². The van der Waals surface area contributed by atoms with Crippen LogP contribution in [0.25, 0.3) is 0 Å². The number of amides is 2. The van der Waals surface area contributed by atoms with E-state index in [1.807, 2.05) is 0 Å². The highest BCUT2D eigenvalue weighted by molar-refractivity contribution is 5.89. The van der Waals surface area contributed by atoms with Crippen LogP contribution in [0.5, 0.6) is 0 Å². The van der Waals surface area contributed by atoms with E-state index < -0.39 is 11.9 Å². The summed E-state index contributed by atoms with van der Waals surface area (Å²) in [6.45, 7) is 3.63. The molecule has 0 aliphatic carbocycles. The number of aromatic nitrogens is 2. The number of esters is 1. The van der Waals surface area contributed by atoms with Gasteiger partial charge in [0.2, 0.25) is 11.8 Å². The quantitative estimate of drug-likeness (QED) is 0.287. The standard InChI is InChI=1S/C11H17N5O3.C2H5NO.CH5N/c1-6-9(11(18)19-2)15-8(16-10(6)13)5-14-4-3-7(12)17;1-2(3)4;1-2/h14H,3-5H2,1-2H3,(H2,12,17)(H2,13,15,16);1H3,(H2,3,4);2H2,1H3. The van der Waals surface area contributed by atoms with Crippen molar-refractivity contribution in [2.75, 3.05) is 26.4 Å². The number of primary amides is 2. The van der Waals surface area contributed by atoms with E-state index in [0.29, 0.717) is 17.9 Å². The van der Waals surface area contributed by atoms with Gasteiger partial charge in [-0.15, -0.1) is 0 Å². The first-order valence-electron chi connectivity index (χ1n) is 7.23. The molecule has 25 heavy (non-hydrogen) atoms. The van der Waals surface area contributed by atoms with Gasteiger partial charge in [0.05, 0.1) is 13.7 Å². The summed E-state index contributed by atoms with van der Waals surface area (Å²) in [6, 6.07) is 0. The molecule has 11 nitrogen and oxygen atoms in total. The second kappa shape index (κ2) is 13.6. The second-order valence-electron chi connectivity index (χ2n) is 4.49. The number of rotatable bonds is 6. The first-order chi connectivity index (χ1) is 11.7. The van der Waals surface area contributed by atoms with Crippen molar-refractivity contribution in [3.63, 3.8) is 0 Å². The van der Waals surface area contributed by atoms with E-state index in [1.165, 1.54) is 21.1 Å². The van der Waals surface area contributed by atoms with E-state index >= 15 is 0 Å². The molecule has 0 aromatic carbocycles. The van der Waals surface area contributed by atoms with Crippen molar-refractivity contribution in [3.05, 3.63) is 17.1 Å². The van der Waals surface area contributed by atoms with E-state index in [2.05, 4.69) is 31.5 Å². The third-order valence-corrected chi connectivity index (χ3v) is 2.44. The van der Waals surface area contributed by atoms with Crippen LogP contribution in [-0.2, 0) is 20.9 Å².